The number of hydrogen-bond donors (Lipinski definition) is 1. The molecular weight excluding hydrogens is 263 g/mol. The van der Waals surface area contributed by atoms with Crippen molar-refractivity contribution in [1.29, 1.82) is 0 Å². The third-order valence-electron chi connectivity index (χ3n) is 4.28. The predicted molar refractivity (Wildman–Crippen MR) is 85.0 cm³/mol. The van der Waals surface area contributed by atoms with Crippen LogP contribution in [0.4, 0.5) is 10.1 Å². The van der Waals surface area contributed by atoms with Crippen molar-refractivity contribution in [2.24, 2.45) is 5.73 Å². The molecule has 2 unspecified atom stereocenters. The molecule has 21 heavy (non-hydrogen) atoms. The molecule has 1 saturated heterocycles. The minimum Gasteiger partial charge on any atom is -0.368 e. The largest absolute Gasteiger partial charge is 0.368 e. The molecule has 2 N–H and O–H groups in total. The Morgan fingerprint density at radius 1 is 1.14 bits per heavy atom. The van der Waals surface area contributed by atoms with E-state index in [1.165, 1.54) is 11.6 Å². The maximum absolute atomic E-state index is 14.3. The summed E-state index contributed by atoms with van der Waals surface area (Å²) in [5.41, 5.74) is 8.91. The summed E-state index contributed by atoms with van der Waals surface area (Å²) in [4.78, 5) is 2.14. The van der Waals surface area contributed by atoms with E-state index in [9.17, 15) is 4.39 Å². The molecule has 110 valence electrons. The zero-order valence-electron chi connectivity index (χ0n) is 12.3. The topological polar surface area (TPSA) is 29.3 Å². The fraction of sp³-hybridized carbons (Fsp3) is 0.333. The van der Waals surface area contributed by atoms with Gasteiger partial charge in [0, 0.05) is 25.0 Å². The van der Waals surface area contributed by atoms with Crippen molar-refractivity contribution in [2.75, 3.05) is 18.0 Å². The molecule has 0 bridgehead atoms. The maximum atomic E-state index is 14.3. The van der Waals surface area contributed by atoms with Gasteiger partial charge in [0.05, 0.1) is 5.69 Å². The standard InChI is InChI=1S/C18H21FN2/c1-13(20)16-8-5-9-17(19)18(16)21-11-10-15(12-21)14-6-3-2-4-7-14/h2-9,13,15H,10-12,20H2,1H3. The Morgan fingerprint density at radius 3 is 2.62 bits per heavy atom. The molecule has 2 aromatic carbocycles. The van der Waals surface area contributed by atoms with Crippen LogP contribution < -0.4 is 10.6 Å². The number of benzene rings is 2. The lowest BCUT2D eigenvalue weighted by Gasteiger charge is -2.24. The molecule has 0 amide bonds. The molecule has 1 aliphatic heterocycles. The first-order chi connectivity index (χ1) is 10.2. The summed E-state index contributed by atoms with van der Waals surface area (Å²) < 4.78 is 14.3. The summed E-state index contributed by atoms with van der Waals surface area (Å²) in [6.07, 6.45) is 1.05. The zero-order chi connectivity index (χ0) is 14.8. The van der Waals surface area contributed by atoms with Gasteiger partial charge in [-0.3, -0.25) is 0 Å². The quantitative estimate of drug-likeness (QED) is 0.928. The second kappa shape index (κ2) is 5.86. The highest BCUT2D eigenvalue weighted by atomic mass is 19.1. The van der Waals surface area contributed by atoms with E-state index in [4.69, 9.17) is 5.73 Å². The third kappa shape index (κ3) is 2.79. The molecule has 2 aromatic rings. The Hall–Kier alpha value is -1.87. The molecule has 0 radical (unpaired) electrons. The van der Waals surface area contributed by atoms with Crippen LogP contribution in [0.25, 0.3) is 0 Å². The highest BCUT2D eigenvalue weighted by Crippen LogP contribution is 2.35. The van der Waals surface area contributed by atoms with Crippen molar-refractivity contribution < 1.29 is 4.39 Å². The molecule has 0 aromatic heterocycles. The zero-order valence-corrected chi connectivity index (χ0v) is 12.3. The molecule has 0 spiro atoms. The van der Waals surface area contributed by atoms with Crippen molar-refractivity contribution in [3.63, 3.8) is 0 Å². The van der Waals surface area contributed by atoms with E-state index in [0.29, 0.717) is 11.6 Å². The maximum Gasteiger partial charge on any atom is 0.146 e. The summed E-state index contributed by atoms with van der Waals surface area (Å²) in [7, 11) is 0. The van der Waals surface area contributed by atoms with E-state index in [1.807, 2.05) is 19.1 Å². The van der Waals surface area contributed by atoms with Gasteiger partial charge in [0.15, 0.2) is 0 Å². The predicted octanol–water partition coefficient (Wildman–Crippen LogP) is 3.84. The van der Waals surface area contributed by atoms with Crippen molar-refractivity contribution in [1.82, 2.24) is 0 Å². The first-order valence-corrected chi connectivity index (χ1v) is 7.50. The molecule has 1 fully saturated rings. The molecule has 1 heterocycles. The van der Waals surface area contributed by atoms with Crippen LogP contribution in [-0.4, -0.2) is 13.1 Å². The van der Waals surface area contributed by atoms with Crippen LogP contribution in [0.1, 0.15) is 36.4 Å². The molecule has 0 saturated carbocycles. The number of anilines is 1. The van der Waals surface area contributed by atoms with Crippen molar-refractivity contribution in [3.05, 3.63) is 65.5 Å². The number of halogens is 1. The third-order valence-corrected chi connectivity index (χ3v) is 4.28. The molecule has 3 heteroatoms. The van der Waals surface area contributed by atoms with Gasteiger partial charge >= 0.3 is 0 Å². The Kier molecular flexibility index (Phi) is 3.93. The van der Waals surface area contributed by atoms with Crippen molar-refractivity contribution in [3.8, 4) is 0 Å². The molecular formula is C18H21FN2. The monoisotopic (exact) mass is 284 g/mol. The fourth-order valence-electron chi connectivity index (χ4n) is 3.19. The van der Waals surface area contributed by atoms with Gasteiger partial charge in [0.2, 0.25) is 0 Å². The summed E-state index contributed by atoms with van der Waals surface area (Å²) in [6.45, 7) is 3.63. The van der Waals surface area contributed by atoms with Gasteiger partial charge in [-0.2, -0.15) is 0 Å². The first kappa shape index (κ1) is 14.1. The first-order valence-electron chi connectivity index (χ1n) is 7.50. The van der Waals surface area contributed by atoms with Crippen LogP contribution in [0.5, 0.6) is 0 Å². The van der Waals surface area contributed by atoms with Crippen molar-refractivity contribution >= 4 is 5.69 Å². The van der Waals surface area contributed by atoms with Crippen LogP contribution in [0.2, 0.25) is 0 Å². The average Bonchev–Trinajstić information content (AvgIpc) is 2.97. The second-order valence-electron chi connectivity index (χ2n) is 5.81. The lowest BCUT2D eigenvalue weighted by Crippen LogP contribution is -2.23. The fourth-order valence-corrected chi connectivity index (χ4v) is 3.19. The molecule has 2 nitrogen and oxygen atoms in total. The molecule has 1 aliphatic rings. The number of para-hydroxylation sites is 1. The minimum absolute atomic E-state index is 0.161. The summed E-state index contributed by atoms with van der Waals surface area (Å²) in [6, 6.07) is 15.5. The second-order valence-corrected chi connectivity index (χ2v) is 5.81. The van der Waals surface area contributed by atoms with E-state index in [-0.39, 0.29) is 11.9 Å². The van der Waals surface area contributed by atoms with E-state index in [2.05, 4.69) is 29.2 Å². The molecule has 0 aliphatic carbocycles. The minimum atomic E-state index is -0.168. The van der Waals surface area contributed by atoms with Gasteiger partial charge in [0.25, 0.3) is 0 Å². The number of nitrogens with zero attached hydrogens (tertiary/aromatic N) is 1. The lowest BCUT2D eigenvalue weighted by molar-refractivity contribution is 0.616. The van der Waals surface area contributed by atoms with Gasteiger partial charge < -0.3 is 10.6 Å². The number of rotatable bonds is 3. The van der Waals surface area contributed by atoms with Gasteiger partial charge in [0.1, 0.15) is 5.82 Å². The summed E-state index contributed by atoms with van der Waals surface area (Å²) in [5.74, 6) is 0.297. The van der Waals surface area contributed by atoms with E-state index in [1.54, 1.807) is 6.07 Å². The Morgan fingerprint density at radius 2 is 1.90 bits per heavy atom. The lowest BCUT2D eigenvalue weighted by atomic mass is 9.99. The van der Waals surface area contributed by atoms with Gasteiger partial charge in [-0.15, -0.1) is 0 Å². The summed E-state index contributed by atoms with van der Waals surface area (Å²) in [5, 5.41) is 0. The van der Waals surface area contributed by atoms with Crippen LogP contribution in [0.15, 0.2) is 48.5 Å². The van der Waals surface area contributed by atoms with Crippen LogP contribution in [-0.2, 0) is 0 Å². The molecule has 2 atom stereocenters. The average molecular weight is 284 g/mol. The molecule has 3 rings (SSSR count). The van der Waals surface area contributed by atoms with Crippen LogP contribution >= 0.6 is 0 Å². The van der Waals surface area contributed by atoms with E-state index < -0.39 is 0 Å². The highest BCUT2D eigenvalue weighted by Gasteiger charge is 2.27. The summed E-state index contributed by atoms with van der Waals surface area (Å²) >= 11 is 0. The normalized spacial score (nSPS) is 19.8. The number of hydrogen-bond acceptors (Lipinski definition) is 2. The Bertz CT molecular complexity index is 610. The van der Waals surface area contributed by atoms with Gasteiger partial charge in [-0.05, 0) is 30.5 Å². The highest BCUT2D eigenvalue weighted by molar-refractivity contribution is 5.57. The number of nitrogens with two attached hydrogens (primary N) is 1. The Balaban J connectivity index is 1.87. The van der Waals surface area contributed by atoms with Crippen molar-refractivity contribution in [2.45, 2.75) is 25.3 Å². The SMILES string of the molecule is CC(N)c1cccc(F)c1N1CCC(c2ccccc2)C1. The van der Waals surface area contributed by atoms with Crippen LogP contribution in [0.3, 0.4) is 0 Å². The van der Waals surface area contributed by atoms with E-state index >= 15 is 0 Å². The Labute approximate surface area is 125 Å². The van der Waals surface area contributed by atoms with Gasteiger partial charge in [-0.1, -0.05) is 42.5 Å². The smallest absolute Gasteiger partial charge is 0.146 e. The van der Waals surface area contributed by atoms with E-state index in [0.717, 1.165) is 25.1 Å². The van der Waals surface area contributed by atoms with Crippen LogP contribution in [0, 0.1) is 5.82 Å². The van der Waals surface area contributed by atoms with Gasteiger partial charge in [-0.25, -0.2) is 4.39 Å².